The zero-order valence-electron chi connectivity index (χ0n) is 11.0. The summed E-state index contributed by atoms with van der Waals surface area (Å²) in [6, 6.07) is 3.41. The molecule has 0 aliphatic heterocycles. The minimum atomic E-state index is -3.53. The number of nitrogens with one attached hydrogen (secondary N) is 1. The zero-order valence-corrected chi connectivity index (χ0v) is 15.7. The normalized spacial score (nSPS) is 23.2. The van der Waals surface area contributed by atoms with E-state index in [1.165, 1.54) is 0 Å². The first-order chi connectivity index (χ1) is 9.31. The third-order valence-corrected chi connectivity index (χ3v) is 7.42. The van der Waals surface area contributed by atoms with Crippen molar-refractivity contribution in [1.29, 1.82) is 0 Å². The summed E-state index contributed by atoms with van der Waals surface area (Å²) in [7, 11) is -3.53. The van der Waals surface area contributed by atoms with Crippen molar-refractivity contribution in [2.45, 2.75) is 36.5 Å². The summed E-state index contributed by atoms with van der Waals surface area (Å²) in [4.78, 5) is 0.249. The van der Waals surface area contributed by atoms with Crippen LogP contribution in [-0.2, 0) is 10.0 Å². The summed E-state index contributed by atoms with van der Waals surface area (Å²) in [6.07, 6.45) is 3.02. The number of rotatable bonds is 4. The first-order valence-corrected chi connectivity index (χ1v) is 9.91. The summed E-state index contributed by atoms with van der Waals surface area (Å²) >= 11 is 12.9. The highest BCUT2D eigenvalue weighted by atomic mass is 79.9. The van der Waals surface area contributed by atoms with Gasteiger partial charge in [0.05, 0.1) is 4.90 Å². The van der Waals surface area contributed by atoms with Crippen molar-refractivity contribution in [3.05, 3.63) is 26.6 Å². The molecule has 112 valence electrons. The van der Waals surface area contributed by atoms with Crippen molar-refractivity contribution in [1.82, 2.24) is 4.72 Å². The van der Waals surface area contributed by atoms with Crippen molar-refractivity contribution in [3.63, 3.8) is 0 Å². The topological polar surface area (TPSA) is 46.2 Å². The Balaban J connectivity index is 2.16. The second-order valence-corrected chi connectivity index (χ2v) is 9.10. The molecule has 0 saturated heterocycles. The van der Waals surface area contributed by atoms with Crippen LogP contribution >= 0.6 is 43.5 Å². The molecule has 3 nitrogen and oxygen atoms in total. The zero-order chi connectivity index (χ0) is 14.9. The number of halogens is 3. The molecular weight excluding hydrogens is 429 g/mol. The number of hydrogen-bond acceptors (Lipinski definition) is 2. The average Bonchev–Trinajstić information content (AvgIpc) is 2.77. The molecule has 0 radical (unpaired) electrons. The van der Waals surface area contributed by atoms with Gasteiger partial charge in [-0.1, -0.05) is 22.4 Å². The van der Waals surface area contributed by atoms with Crippen molar-refractivity contribution in [2.24, 2.45) is 5.92 Å². The smallest absolute Gasteiger partial charge is 0.211 e. The van der Waals surface area contributed by atoms with Gasteiger partial charge in [-0.15, -0.1) is 11.6 Å². The SMILES string of the molecule is Cc1cc(Br)c(S(=O)(=O)NCC2CCCC2Cl)cc1Br. The minimum Gasteiger partial charge on any atom is -0.211 e. The lowest BCUT2D eigenvalue weighted by molar-refractivity contribution is 0.523. The number of benzene rings is 1. The summed E-state index contributed by atoms with van der Waals surface area (Å²) in [5.74, 6) is 0.221. The third kappa shape index (κ3) is 3.77. The fourth-order valence-corrected chi connectivity index (χ4v) is 5.49. The molecule has 2 atom stereocenters. The monoisotopic (exact) mass is 443 g/mol. The summed E-state index contributed by atoms with van der Waals surface area (Å²) < 4.78 is 28.8. The molecule has 1 aliphatic rings. The van der Waals surface area contributed by atoms with E-state index in [1.807, 2.05) is 6.92 Å². The van der Waals surface area contributed by atoms with Crippen LogP contribution in [0.3, 0.4) is 0 Å². The molecule has 1 N–H and O–H groups in total. The van der Waals surface area contributed by atoms with Crippen LogP contribution in [0, 0.1) is 12.8 Å². The number of hydrogen-bond donors (Lipinski definition) is 1. The predicted octanol–water partition coefficient (Wildman–Crippen LogP) is 4.21. The lowest BCUT2D eigenvalue weighted by Crippen LogP contribution is -2.31. The maximum atomic E-state index is 12.4. The molecule has 1 aromatic rings. The van der Waals surface area contributed by atoms with E-state index in [0.29, 0.717) is 11.0 Å². The first kappa shape index (κ1) is 16.7. The van der Waals surface area contributed by atoms with E-state index in [4.69, 9.17) is 11.6 Å². The molecule has 0 amide bonds. The van der Waals surface area contributed by atoms with Crippen LogP contribution in [0.5, 0.6) is 0 Å². The summed E-state index contributed by atoms with van der Waals surface area (Å²) in [5, 5.41) is 0.0749. The predicted molar refractivity (Wildman–Crippen MR) is 88.7 cm³/mol. The van der Waals surface area contributed by atoms with Crippen LogP contribution in [-0.4, -0.2) is 20.3 Å². The number of aryl methyl sites for hydroxylation is 1. The van der Waals surface area contributed by atoms with Gasteiger partial charge < -0.3 is 0 Å². The Morgan fingerprint density at radius 3 is 2.60 bits per heavy atom. The van der Waals surface area contributed by atoms with Crippen LogP contribution in [0.4, 0.5) is 0 Å². The van der Waals surface area contributed by atoms with Crippen LogP contribution in [0.15, 0.2) is 26.0 Å². The average molecular weight is 446 g/mol. The van der Waals surface area contributed by atoms with Crippen LogP contribution in [0.1, 0.15) is 24.8 Å². The van der Waals surface area contributed by atoms with Crippen LogP contribution < -0.4 is 4.72 Å². The Labute approximate surface area is 141 Å². The lowest BCUT2D eigenvalue weighted by atomic mass is 10.1. The Kier molecular flexibility index (Phi) is 5.57. The maximum Gasteiger partial charge on any atom is 0.241 e. The second kappa shape index (κ2) is 6.65. The lowest BCUT2D eigenvalue weighted by Gasteiger charge is -2.15. The molecule has 7 heteroatoms. The quantitative estimate of drug-likeness (QED) is 0.706. The van der Waals surface area contributed by atoms with Gasteiger partial charge in [0.25, 0.3) is 0 Å². The van der Waals surface area contributed by atoms with E-state index in [1.54, 1.807) is 12.1 Å². The van der Waals surface area contributed by atoms with E-state index in [-0.39, 0.29) is 16.2 Å². The molecule has 1 aromatic carbocycles. The number of sulfonamides is 1. The molecule has 0 bridgehead atoms. The molecule has 1 fully saturated rings. The highest BCUT2D eigenvalue weighted by Crippen LogP contribution is 2.31. The van der Waals surface area contributed by atoms with Gasteiger partial charge in [-0.05, 0) is 59.3 Å². The molecule has 0 aromatic heterocycles. The molecule has 0 spiro atoms. The van der Waals surface area contributed by atoms with Crippen molar-refractivity contribution in [2.75, 3.05) is 6.54 Å². The molecule has 1 aliphatic carbocycles. The van der Waals surface area contributed by atoms with Crippen molar-refractivity contribution >= 4 is 53.5 Å². The van der Waals surface area contributed by atoms with Gasteiger partial charge >= 0.3 is 0 Å². The van der Waals surface area contributed by atoms with Crippen molar-refractivity contribution < 1.29 is 8.42 Å². The Hall–Kier alpha value is 0.380. The molecule has 1 saturated carbocycles. The van der Waals surface area contributed by atoms with E-state index in [0.717, 1.165) is 29.3 Å². The second-order valence-electron chi connectivity index (χ2n) is 5.09. The van der Waals surface area contributed by atoms with Crippen LogP contribution in [0.25, 0.3) is 0 Å². The standard InChI is InChI=1S/C13H16Br2ClNO2S/c1-8-5-11(15)13(6-10(8)14)20(18,19)17-7-9-3-2-4-12(9)16/h5-6,9,12,17H,2-4,7H2,1H3. The summed E-state index contributed by atoms with van der Waals surface area (Å²) in [5.41, 5.74) is 0.979. The highest BCUT2D eigenvalue weighted by Gasteiger charge is 2.27. The van der Waals surface area contributed by atoms with Gasteiger partial charge in [0.1, 0.15) is 0 Å². The van der Waals surface area contributed by atoms with Gasteiger partial charge in [-0.3, -0.25) is 0 Å². The Morgan fingerprint density at radius 2 is 2.00 bits per heavy atom. The van der Waals surface area contributed by atoms with Crippen molar-refractivity contribution in [3.8, 4) is 0 Å². The Morgan fingerprint density at radius 1 is 1.30 bits per heavy atom. The molecule has 0 heterocycles. The fourth-order valence-electron chi connectivity index (χ4n) is 2.35. The van der Waals surface area contributed by atoms with Gasteiger partial charge in [0.15, 0.2) is 0 Å². The highest BCUT2D eigenvalue weighted by molar-refractivity contribution is 9.11. The van der Waals surface area contributed by atoms with E-state index < -0.39 is 10.0 Å². The molecule has 2 unspecified atom stereocenters. The third-order valence-electron chi connectivity index (χ3n) is 3.60. The number of alkyl halides is 1. The maximum absolute atomic E-state index is 12.4. The van der Waals surface area contributed by atoms with Gasteiger partial charge in [-0.2, -0.15) is 0 Å². The fraction of sp³-hybridized carbons (Fsp3) is 0.538. The van der Waals surface area contributed by atoms with Gasteiger partial charge in [-0.25, -0.2) is 13.1 Å². The molecule has 20 heavy (non-hydrogen) atoms. The Bertz CT molecular complexity index is 607. The van der Waals surface area contributed by atoms with E-state index in [9.17, 15) is 8.42 Å². The molecular formula is C13H16Br2ClNO2S. The summed E-state index contributed by atoms with van der Waals surface area (Å²) in [6.45, 7) is 2.31. The van der Waals surface area contributed by atoms with E-state index >= 15 is 0 Å². The van der Waals surface area contributed by atoms with Crippen LogP contribution in [0.2, 0.25) is 0 Å². The van der Waals surface area contributed by atoms with E-state index in [2.05, 4.69) is 36.6 Å². The minimum absolute atomic E-state index is 0.0749. The van der Waals surface area contributed by atoms with Gasteiger partial charge in [0.2, 0.25) is 10.0 Å². The first-order valence-electron chi connectivity index (χ1n) is 6.40. The molecule has 2 rings (SSSR count). The van der Waals surface area contributed by atoms with Gasteiger partial charge in [0, 0.05) is 20.9 Å². The largest absolute Gasteiger partial charge is 0.241 e.